The number of hydrogen-bond donors (Lipinski definition) is 2. The topological polar surface area (TPSA) is 93.9 Å². The van der Waals surface area contributed by atoms with Gasteiger partial charge in [-0.05, 0) is 54.8 Å². The molecule has 1 saturated heterocycles. The molecule has 2 heterocycles. The number of carbonyl (C=O) groups is 2. The average molecular weight is 414 g/mol. The fraction of sp³-hybridized carbons (Fsp3) is 0.238. The maximum Gasteiger partial charge on any atom is 0.248 e. The first-order valence-electron chi connectivity index (χ1n) is 9.28. The van der Waals surface area contributed by atoms with Crippen LogP contribution < -0.4 is 25.4 Å². The number of primary amides is 1. The lowest BCUT2D eigenvalue weighted by molar-refractivity contribution is -0.111. The van der Waals surface area contributed by atoms with Gasteiger partial charge in [-0.3, -0.25) is 9.59 Å². The van der Waals surface area contributed by atoms with Gasteiger partial charge in [-0.2, -0.15) is 0 Å². The minimum atomic E-state index is -0.543. The predicted octanol–water partition coefficient (Wildman–Crippen LogP) is 3.42. The molecule has 0 bridgehead atoms. The molecule has 2 amide bonds. The second-order valence-corrected chi connectivity index (χ2v) is 7.26. The molecule has 29 heavy (non-hydrogen) atoms. The lowest BCUT2D eigenvalue weighted by atomic mass is 10.1. The molecular weight excluding hydrogens is 394 g/mol. The third-order valence-corrected chi connectivity index (χ3v) is 5.14. The number of ether oxygens (including phenoxy) is 2. The van der Waals surface area contributed by atoms with E-state index < -0.39 is 5.91 Å². The number of fused-ring (bicyclic) bond motifs is 1. The molecule has 0 aliphatic carbocycles. The van der Waals surface area contributed by atoms with Gasteiger partial charge in [0.15, 0.2) is 11.5 Å². The molecule has 7 nitrogen and oxygen atoms in total. The third kappa shape index (κ3) is 4.14. The van der Waals surface area contributed by atoms with E-state index in [2.05, 4.69) is 10.2 Å². The normalized spacial score (nSPS) is 15.1. The van der Waals surface area contributed by atoms with Gasteiger partial charge in [0.05, 0.1) is 16.4 Å². The summed E-state index contributed by atoms with van der Waals surface area (Å²) in [6, 6.07) is 8.56. The number of nitrogens with zero attached hydrogens (tertiary/aromatic N) is 1. The number of nitrogens with one attached hydrogen (secondary N) is 1. The highest BCUT2D eigenvalue weighted by Crippen LogP contribution is 2.40. The summed E-state index contributed by atoms with van der Waals surface area (Å²) < 4.78 is 10.6. The molecular formula is C21H20ClN3O4. The minimum absolute atomic E-state index is 0.123. The molecule has 0 saturated carbocycles. The van der Waals surface area contributed by atoms with Crippen molar-refractivity contribution in [2.45, 2.75) is 12.8 Å². The Morgan fingerprint density at radius 3 is 2.69 bits per heavy atom. The molecule has 0 unspecified atom stereocenters. The van der Waals surface area contributed by atoms with Crippen LogP contribution in [0.1, 0.15) is 28.8 Å². The smallest absolute Gasteiger partial charge is 0.248 e. The van der Waals surface area contributed by atoms with E-state index in [1.807, 2.05) is 6.07 Å². The third-order valence-electron chi connectivity index (χ3n) is 4.86. The highest BCUT2D eigenvalue weighted by Gasteiger charge is 2.19. The van der Waals surface area contributed by atoms with Crippen molar-refractivity contribution in [2.24, 2.45) is 5.73 Å². The lowest BCUT2D eigenvalue weighted by Gasteiger charge is -2.21. The van der Waals surface area contributed by atoms with Crippen LogP contribution in [-0.2, 0) is 4.79 Å². The Morgan fingerprint density at radius 1 is 1.14 bits per heavy atom. The van der Waals surface area contributed by atoms with Crippen LogP contribution in [0, 0.1) is 0 Å². The van der Waals surface area contributed by atoms with Crippen molar-refractivity contribution in [2.75, 3.05) is 30.1 Å². The highest BCUT2D eigenvalue weighted by atomic mass is 35.5. The van der Waals surface area contributed by atoms with Crippen LogP contribution in [0.3, 0.4) is 0 Å². The Morgan fingerprint density at radius 2 is 1.93 bits per heavy atom. The van der Waals surface area contributed by atoms with Gasteiger partial charge in [0.2, 0.25) is 18.6 Å². The van der Waals surface area contributed by atoms with E-state index in [1.54, 1.807) is 30.3 Å². The lowest BCUT2D eigenvalue weighted by Crippen LogP contribution is -2.21. The molecule has 1 fully saturated rings. The van der Waals surface area contributed by atoms with Gasteiger partial charge in [0.25, 0.3) is 0 Å². The monoisotopic (exact) mass is 413 g/mol. The van der Waals surface area contributed by atoms with Gasteiger partial charge >= 0.3 is 0 Å². The van der Waals surface area contributed by atoms with E-state index >= 15 is 0 Å². The molecule has 2 aromatic rings. The van der Waals surface area contributed by atoms with Crippen molar-refractivity contribution in [1.82, 2.24) is 0 Å². The first-order valence-corrected chi connectivity index (χ1v) is 9.66. The van der Waals surface area contributed by atoms with Crippen molar-refractivity contribution in [3.63, 3.8) is 0 Å². The second kappa shape index (κ2) is 8.05. The number of nitrogens with two attached hydrogens (primary N) is 1. The number of rotatable bonds is 5. The van der Waals surface area contributed by atoms with E-state index in [-0.39, 0.29) is 12.7 Å². The van der Waals surface area contributed by atoms with Crippen LogP contribution in [0.2, 0.25) is 5.02 Å². The van der Waals surface area contributed by atoms with Crippen LogP contribution in [0.4, 0.5) is 11.4 Å². The molecule has 3 N–H and O–H groups in total. The predicted molar refractivity (Wildman–Crippen MR) is 112 cm³/mol. The zero-order valence-corrected chi connectivity index (χ0v) is 16.4. The van der Waals surface area contributed by atoms with Crippen molar-refractivity contribution >= 4 is 40.9 Å². The van der Waals surface area contributed by atoms with Crippen LogP contribution in [0.25, 0.3) is 6.08 Å². The van der Waals surface area contributed by atoms with Gasteiger partial charge in [0.1, 0.15) is 0 Å². The maximum atomic E-state index is 12.5. The van der Waals surface area contributed by atoms with Crippen LogP contribution in [0.15, 0.2) is 36.4 Å². The quantitative estimate of drug-likeness (QED) is 0.732. The standard InChI is InChI=1S/C21H20ClN3O4/c22-15-9-13(10-18-20(15)29-12-28-18)3-6-19(26)24-16-11-14(21(23)27)4-5-17(16)25-7-1-2-8-25/h3-6,9-11H,1-2,7-8,12H2,(H2,23,27)(H,24,26)/b6-3+. The number of benzene rings is 2. The Bertz CT molecular complexity index is 1000. The summed E-state index contributed by atoms with van der Waals surface area (Å²) in [5.74, 6) is 0.176. The van der Waals surface area contributed by atoms with E-state index in [0.717, 1.165) is 31.6 Å². The zero-order chi connectivity index (χ0) is 20.4. The Balaban J connectivity index is 1.54. The molecule has 2 aliphatic heterocycles. The largest absolute Gasteiger partial charge is 0.454 e. The average Bonchev–Trinajstić information content (AvgIpc) is 3.38. The van der Waals surface area contributed by atoms with Crippen LogP contribution in [0.5, 0.6) is 11.5 Å². The SMILES string of the molecule is NC(=O)c1ccc(N2CCCC2)c(NC(=O)/C=C/c2cc(Cl)c3c(c2)OCO3)c1. The van der Waals surface area contributed by atoms with Crippen LogP contribution >= 0.6 is 11.6 Å². The molecule has 2 aromatic carbocycles. The van der Waals surface area contributed by atoms with E-state index in [9.17, 15) is 9.59 Å². The highest BCUT2D eigenvalue weighted by molar-refractivity contribution is 6.32. The summed E-state index contributed by atoms with van der Waals surface area (Å²) in [4.78, 5) is 26.3. The minimum Gasteiger partial charge on any atom is -0.454 e. The van der Waals surface area contributed by atoms with Gasteiger partial charge in [-0.25, -0.2) is 0 Å². The first kappa shape index (κ1) is 19.1. The van der Waals surface area contributed by atoms with E-state index in [4.69, 9.17) is 26.8 Å². The fourth-order valence-corrected chi connectivity index (χ4v) is 3.73. The van der Waals surface area contributed by atoms with Crippen molar-refractivity contribution < 1.29 is 19.1 Å². The molecule has 150 valence electrons. The van der Waals surface area contributed by atoms with E-state index in [0.29, 0.717) is 33.3 Å². The number of amides is 2. The number of hydrogen-bond acceptors (Lipinski definition) is 5. The second-order valence-electron chi connectivity index (χ2n) is 6.85. The Labute approximate surface area is 173 Å². The summed E-state index contributed by atoms with van der Waals surface area (Å²) in [5, 5.41) is 3.28. The molecule has 4 rings (SSSR count). The maximum absolute atomic E-state index is 12.5. The summed E-state index contributed by atoms with van der Waals surface area (Å²) in [5.41, 5.74) is 7.88. The van der Waals surface area contributed by atoms with Crippen molar-refractivity contribution in [3.05, 3.63) is 52.6 Å². The van der Waals surface area contributed by atoms with Gasteiger partial charge in [0, 0.05) is 24.7 Å². The van der Waals surface area contributed by atoms with E-state index in [1.165, 1.54) is 6.08 Å². The summed E-state index contributed by atoms with van der Waals surface area (Å²) in [7, 11) is 0. The van der Waals surface area contributed by atoms with Gasteiger partial charge < -0.3 is 25.4 Å². The molecule has 8 heteroatoms. The van der Waals surface area contributed by atoms with Crippen molar-refractivity contribution in [1.29, 1.82) is 0 Å². The molecule has 0 atom stereocenters. The van der Waals surface area contributed by atoms with Crippen LogP contribution in [-0.4, -0.2) is 31.7 Å². The van der Waals surface area contributed by atoms with Crippen molar-refractivity contribution in [3.8, 4) is 11.5 Å². The summed E-state index contributed by atoms with van der Waals surface area (Å²) in [6.45, 7) is 1.94. The Kier molecular flexibility index (Phi) is 5.31. The Hall–Kier alpha value is -3.19. The summed E-state index contributed by atoms with van der Waals surface area (Å²) >= 11 is 6.17. The molecule has 0 spiro atoms. The molecule has 0 aromatic heterocycles. The van der Waals surface area contributed by atoms with Gasteiger partial charge in [-0.15, -0.1) is 0 Å². The fourth-order valence-electron chi connectivity index (χ4n) is 3.45. The molecule has 2 aliphatic rings. The van der Waals surface area contributed by atoms with Gasteiger partial charge in [-0.1, -0.05) is 11.6 Å². The number of anilines is 2. The number of carbonyl (C=O) groups excluding carboxylic acids is 2. The zero-order valence-electron chi connectivity index (χ0n) is 15.6. The first-order chi connectivity index (χ1) is 14.0. The molecule has 0 radical (unpaired) electrons. The summed E-state index contributed by atoms with van der Waals surface area (Å²) in [6.07, 6.45) is 5.22. The number of halogens is 1.